The third-order valence-corrected chi connectivity index (χ3v) is 2.84. The highest BCUT2D eigenvalue weighted by molar-refractivity contribution is 6.22. The number of carbonyl (C=O) groups is 2. The van der Waals surface area contributed by atoms with Gasteiger partial charge in [-0.1, -0.05) is 18.5 Å². The predicted octanol–water partition coefficient (Wildman–Crippen LogP) is 1.94. The van der Waals surface area contributed by atoms with Gasteiger partial charge in [0.15, 0.2) is 5.92 Å². The minimum atomic E-state index is -0.924. The van der Waals surface area contributed by atoms with Gasteiger partial charge in [-0.25, -0.2) is 4.79 Å². The summed E-state index contributed by atoms with van der Waals surface area (Å²) in [4.78, 5) is 26.6. The van der Waals surface area contributed by atoms with Gasteiger partial charge in [0, 0.05) is 5.56 Å². The third kappa shape index (κ3) is 2.99. The zero-order chi connectivity index (χ0) is 13.7. The van der Waals surface area contributed by atoms with Gasteiger partial charge in [0.1, 0.15) is 17.7 Å². The molecule has 1 aromatic rings. The fraction of sp³-hybridized carbons (Fsp3) is 0.357. The maximum absolute atomic E-state index is 11.2. The summed E-state index contributed by atoms with van der Waals surface area (Å²) < 4.78 is 5.53. The SMILES string of the molecule is CCCCOc1ccc(C2=NOC(=O)C2C=O)cc1. The van der Waals surface area contributed by atoms with Gasteiger partial charge in [0.05, 0.1) is 6.61 Å². The molecule has 5 nitrogen and oxygen atoms in total. The number of ether oxygens (including phenoxy) is 1. The van der Waals surface area contributed by atoms with E-state index in [0.29, 0.717) is 24.2 Å². The topological polar surface area (TPSA) is 65.0 Å². The van der Waals surface area contributed by atoms with E-state index in [9.17, 15) is 9.59 Å². The molecule has 2 rings (SSSR count). The van der Waals surface area contributed by atoms with E-state index in [1.165, 1.54) is 0 Å². The number of rotatable bonds is 6. The first-order valence-electron chi connectivity index (χ1n) is 6.23. The van der Waals surface area contributed by atoms with E-state index >= 15 is 0 Å². The van der Waals surface area contributed by atoms with Crippen molar-refractivity contribution in [3.05, 3.63) is 29.8 Å². The van der Waals surface area contributed by atoms with Crippen LogP contribution >= 0.6 is 0 Å². The molecule has 0 saturated heterocycles. The number of hydrogen-bond donors (Lipinski definition) is 0. The molecule has 100 valence electrons. The Morgan fingerprint density at radius 2 is 2.11 bits per heavy atom. The van der Waals surface area contributed by atoms with Crippen molar-refractivity contribution in [2.24, 2.45) is 11.1 Å². The normalized spacial score (nSPS) is 17.8. The van der Waals surface area contributed by atoms with Crippen molar-refractivity contribution < 1.29 is 19.2 Å². The summed E-state index contributed by atoms with van der Waals surface area (Å²) in [5.41, 5.74) is 1.03. The quantitative estimate of drug-likeness (QED) is 0.340. The summed E-state index contributed by atoms with van der Waals surface area (Å²) in [6, 6.07) is 7.10. The van der Waals surface area contributed by atoms with E-state index in [0.717, 1.165) is 18.6 Å². The molecule has 0 fully saturated rings. The van der Waals surface area contributed by atoms with Crippen LogP contribution in [0.5, 0.6) is 5.75 Å². The third-order valence-electron chi connectivity index (χ3n) is 2.84. The lowest BCUT2D eigenvalue weighted by Crippen LogP contribution is -2.20. The Labute approximate surface area is 111 Å². The van der Waals surface area contributed by atoms with Crippen molar-refractivity contribution in [1.29, 1.82) is 0 Å². The number of hydrogen-bond acceptors (Lipinski definition) is 5. The van der Waals surface area contributed by atoms with E-state index in [4.69, 9.17) is 4.74 Å². The van der Waals surface area contributed by atoms with Crippen LogP contribution in [-0.2, 0) is 14.4 Å². The highest BCUT2D eigenvalue weighted by atomic mass is 16.7. The Bertz CT molecular complexity index is 493. The molecule has 1 unspecified atom stereocenters. The predicted molar refractivity (Wildman–Crippen MR) is 69.0 cm³/mol. The average molecular weight is 261 g/mol. The molecule has 0 aromatic heterocycles. The summed E-state index contributed by atoms with van der Waals surface area (Å²) in [5, 5.41) is 3.64. The molecule has 0 radical (unpaired) electrons. The molecule has 5 heteroatoms. The molecule has 1 atom stereocenters. The molecule has 19 heavy (non-hydrogen) atoms. The van der Waals surface area contributed by atoms with Gasteiger partial charge in [-0.2, -0.15) is 0 Å². The van der Waals surface area contributed by atoms with E-state index in [-0.39, 0.29) is 0 Å². The molecular formula is C14H15NO4. The molecule has 1 aliphatic rings. The van der Waals surface area contributed by atoms with E-state index in [2.05, 4.69) is 16.9 Å². The number of nitrogens with zero attached hydrogens (tertiary/aromatic N) is 1. The lowest BCUT2D eigenvalue weighted by atomic mass is 9.99. The van der Waals surface area contributed by atoms with Gasteiger partial charge in [-0.05, 0) is 30.7 Å². The second kappa shape index (κ2) is 6.13. The Balaban J connectivity index is 2.06. The van der Waals surface area contributed by atoms with Gasteiger partial charge in [-0.15, -0.1) is 0 Å². The zero-order valence-corrected chi connectivity index (χ0v) is 10.7. The number of carbonyl (C=O) groups excluding carboxylic acids is 2. The molecule has 0 saturated carbocycles. The van der Waals surface area contributed by atoms with Gasteiger partial charge in [0.25, 0.3) is 0 Å². The largest absolute Gasteiger partial charge is 0.494 e. The van der Waals surface area contributed by atoms with Gasteiger partial charge < -0.3 is 14.4 Å². The molecule has 1 aromatic carbocycles. The first kappa shape index (κ1) is 13.3. The maximum Gasteiger partial charge on any atom is 0.351 e. The fourth-order valence-electron chi connectivity index (χ4n) is 1.73. The standard InChI is InChI=1S/C14H15NO4/c1-2-3-8-18-11-6-4-10(5-7-11)13-12(9-16)14(17)19-15-13/h4-7,9,12H,2-3,8H2,1H3. The van der Waals surface area contributed by atoms with E-state index < -0.39 is 11.9 Å². The van der Waals surface area contributed by atoms with Crippen LogP contribution in [0, 0.1) is 5.92 Å². The van der Waals surface area contributed by atoms with Crippen molar-refractivity contribution in [2.75, 3.05) is 6.61 Å². The van der Waals surface area contributed by atoms with Crippen molar-refractivity contribution in [2.45, 2.75) is 19.8 Å². The van der Waals surface area contributed by atoms with E-state index in [1.807, 2.05) is 0 Å². The van der Waals surface area contributed by atoms with Gasteiger partial charge in [-0.3, -0.25) is 0 Å². The van der Waals surface area contributed by atoms with Crippen molar-refractivity contribution in [1.82, 2.24) is 0 Å². The van der Waals surface area contributed by atoms with Crippen LogP contribution in [0.4, 0.5) is 0 Å². The minimum Gasteiger partial charge on any atom is -0.494 e. The fourth-order valence-corrected chi connectivity index (χ4v) is 1.73. The molecule has 0 spiro atoms. The molecule has 0 N–H and O–H groups in total. The van der Waals surface area contributed by atoms with Crippen LogP contribution in [0.15, 0.2) is 29.4 Å². The first-order chi connectivity index (χ1) is 9.26. The summed E-state index contributed by atoms with van der Waals surface area (Å²) in [5.74, 6) is -0.800. The molecule has 0 aliphatic carbocycles. The van der Waals surface area contributed by atoms with Gasteiger partial charge >= 0.3 is 5.97 Å². The lowest BCUT2D eigenvalue weighted by Gasteiger charge is -2.06. The number of oxime groups is 1. The number of aldehydes is 1. The van der Waals surface area contributed by atoms with Gasteiger partial charge in [0.2, 0.25) is 0 Å². The monoisotopic (exact) mass is 261 g/mol. The number of unbranched alkanes of at least 4 members (excludes halogenated alkanes) is 1. The lowest BCUT2D eigenvalue weighted by molar-refractivity contribution is -0.144. The second-order valence-corrected chi connectivity index (χ2v) is 4.23. The van der Waals surface area contributed by atoms with Crippen LogP contribution in [-0.4, -0.2) is 24.6 Å². The van der Waals surface area contributed by atoms with Crippen LogP contribution in [0.25, 0.3) is 0 Å². The van der Waals surface area contributed by atoms with Crippen LogP contribution < -0.4 is 4.74 Å². The molecule has 0 bridgehead atoms. The second-order valence-electron chi connectivity index (χ2n) is 4.23. The summed E-state index contributed by atoms with van der Waals surface area (Å²) >= 11 is 0. The van der Waals surface area contributed by atoms with Crippen molar-refractivity contribution >= 4 is 18.0 Å². The molecule has 1 aliphatic heterocycles. The molecule has 0 amide bonds. The van der Waals surface area contributed by atoms with Crippen LogP contribution in [0.3, 0.4) is 0 Å². The average Bonchev–Trinajstić information content (AvgIpc) is 2.81. The van der Waals surface area contributed by atoms with Crippen LogP contribution in [0.2, 0.25) is 0 Å². The first-order valence-corrected chi connectivity index (χ1v) is 6.23. The summed E-state index contributed by atoms with van der Waals surface area (Å²) in [6.45, 7) is 2.77. The molecular weight excluding hydrogens is 246 g/mol. The number of benzene rings is 1. The summed E-state index contributed by atoms with van der Waals surface area (Å²) in [7, 11) is 0. The Kier molecular flexibility index (Phi) is 4.28. The Hall–Kier alpha value is -2.17. The minimum absolute atomic E-state index is 0.347. The zero-order valence-electron chi connectivity index (χ0n) is 10.7. The summed E-state index contributed by atoms with van der Waals surface area (Å²) in [6.07, 6.45) is 2.62. The Morgan fingerprint density at radius 3 is 2.74 bits per heavy atom. The highest BCUT2D eigenvalue weighted by Crippen LogP contribution is 2.20. The highest BCUT2D eigenvalue weighted by Gasteiger charge is 2.33. The maximum atomic E-state index is 11.2. The molecule has 1 heterocycles. The van der Waals surface area contributed by atoms with Crippen molar-refractivity contribution in [3.63, 3.8) is 0 Å². The van der Waals surface area contributed by atoms with Crippen LogP contribution in [0.1, 0.15) is 25.3 Å². The Morgan fingerprint density at radius 1 is 1.37 bits per heavy atom. The smallest absolute Gasteiger partial charge is 0.351 e. The van der Waals surface area contributed by atoms with Crippen molar-refractivity contribution in [3.8, 4) is 5.75 Å². The van der Waals surface area contributed by atoms with E-state index in [1.54, 1.807) is 24.3 Å².